The van der Waals surface area contributed by atoms with Crippen LogP contribution in [0.5, 0.6) is 0 Å². The fraction of sp³-hybridized carbons (Fsp3) is 0.625. The topological polar surface area (TPSA) is 37.3 Å². The summed E-state index contributed by atoms with van der Waals surface area (Å²) >= 11 is 9.05. The Kier molecular flexibility index (Phi) is 16.4. The molecule has 1 N–H and O–H groups in total. The highest BCUT2D eigenvalue weighted by Crippen LogP contribution is 2.19. The Morgan fingerprint density at radius 3 is 2.24 bits per heavy atom. The Hall–Kier alpha value is -0.840. The summed E-state index contributed by atoms with van der Waals surface area (Å²) < 4.78 is 1.72. The van der Waals surface area contributed by atoms with Crippen LogP contribution in [-0.4, -0.2) is 47.6 Å². The van der Waals surface area contributed by atoms with Crippen molar-refractivity contribution < 1.29 is 14.4 Å². The van der Waals surface area contributed by atoms with E-state index in [1.807, 2.05) is 18.2 Å². The molecule has 0 amide bonds. The average Bonchev–Trinajstić information content (AvgIpc) is 2.70. The van der Waals surface area contributed by atoms with E-state index in [9.17, 15) is 4.79 Å². The average molecular weight is 490 g/mol. The van der Waals surface area contributed by atoms with Crippen molar-refractivity contribution in [2.24, 2.45) is 0 Å². The Bertz CT molecular complexity index is 594. The van der Waals surface area contributed by atoms with Gasteiger partial charge < -0.3 is 9.59 Å². The molecular weight excluding hydrogens is 450 g/mol. The van der Waals surface area contributed by atoms with E-state index in [1.165, 1.54) is 43.2 Å². The first-order valence-corrected chi connectivity index (χ1v) is 12.2. The molecule has 0 aliphatic rings. The number of hydrogen-bond donors (Lipinski definition) is 1. The molecule has 0 fully saturated rings. The number of carboxylic acid groups (broad SMARTS) is 1. The van der Waals surface area contributed by atoms with Gasteiger partial charge in [-0.1, -0.05) is 72.3 Å². The smallest absolute Gasteiger partial charge is 0.359 e. The standard InChI is InChI=1S/C17H24BrNO2.C7H15Cl/c1-4-19(5-2,13-17(20)21)11-10-14(3)12-15-8-6-7-9-16(15)18;1-2-3-4-5-6-7-8/h6-10H,4-5,11-13H2,1-3H3;2-7H2,1H3/p+1/b14-10-;. The maximum Gasteiger partial charge on any atom is 0.359 e. The van der Waals surface area contributed by atoms with Crippen molar-refractivity contribution in [2.75, 3.05) is 32.1 Å². The van der Waals surface area contributed by atoms with Crippen LogP contribution in [0.25, 0.3) is 0 Å². The minimum absolute atomic E-state index is 0.186. The zero-order valence-electron chi connectivity index (χ0n) is 18.7. The summed E-state index contributed by atoms with van der Waals surface area (Å²) in [5.74, 6) is 0.111. The first-order chi connectivity index (χ1) is 13.8. The second-order valence-electron chi connectivity index (χ2n) is 7.63. The maximum atomic E-state index is 11.1. The van der Waals surface area contributed by atoms with Crippen molar-refractivity contribution in [3.05, 3.63) is 46.0 Å². The molecule has 0 unspecified atom stereocenters. The number of hydrogen-bond acceptors (Lipinski definition) is 1. The largest absolute Gasteiger partial charge is 0.477 e. The monoisotopic (exact) mass is 488 g/mol. The summed E-state index contributed by atoms with van der Waals surface area (Å²) in [6.07, 6.45) is 9.65. The van der Waals surface area contributed by atoms with E-state index >= 15 is 0 Å². The van der Waals surface area contributed by atoms with E-state index in [4.69, 9.17) is 16.7 Å². The molecule has 0 aliphatic heterocycles. The van der Waals surface area contributed by atoms with E-state index in [-0.39, 0.29) is 6.54 Å². The van der Waals surface area contributed by atoms with Crippen LogP contribution in [0.4, 0.5) is 0 Å². The first kappa shape index (κ1) is 28.2. The number of allylic oxidation sites excluding steroid dienone is 1. The van der Waals surface area contributed by atoms with Crippen molar-refractivity contribution in [2.45, 2.75) is 66.2 Å². The van der Waals surface area contributed by atoms with Gasteiger partial charge in [0, 0.05) is 10.4 Å². The predicted molar refractivity (Wildman–Crippen MR) is 130 cm³/mol. The van der Waals surface area contributed by atoms with E-state index in [0.717, 1.165) is 36.4 Å². The van der Waals surface area contributed by atoms with Crippen LogP contribution in [-0.2, 0) is 11.2 Å². The van der Waals surface area contributed by atoms with Crippen LogP contribution >= 0.6 is 27.5 Å². The second-order valence-corrected chi connectivity index (χ2v) is 8.86. The molecule has 0 atom stereocenters. The van der Waals surface area contributed by atoms with Crippen LogP contribution in [0.1, 0.15) is 65.4 Å². The minimum Gasteiger partial charge on any atom is -0.477 e. The van der Waals surface area contributed by atoms with Crippen molar-refractivity contribution in [3.8, 4) is 0 Å². The lowest BCUT2D eigenvalue weighted by Crippen LogP contribution is -2.51. The number of quaternary nitrogens is 1. The molecule has 0 radical (unpaired) electrons. The molecule has 3 nitrogen and oxygen atoms in total. The van der Waals surface area contributed by atoms with Crippen molar-refractivity contribution in [1.82, 2.24) is 0 Å². The van der Waals surface area contributed by atoms with Gasteiger partial charge in [-0.25, -0.2) is 4.79 Å². The molecular formula is C24H40BrClNO2+. The van der Waals surface area contributed by atoms with Crippen LogP contribution in [0.15, 0.2) is 40.4 Å². The number of carboxylic acids is 1. The summed E-state index contributed by atoms with van der Waals surface area (Å²) in [4.78, 5) is 11.1. The highest BCUT2D eigenvalue weighted by Gasteiger charge is 2.25. The van der Waals surface area contributed by atoms with Gasteiger partial charge in [0.05, 0.1) is 19.6 Å². The van der Waals surface area contributed by atoms with Gasteiger partial charge in [-0.3, -0.25) is 0 Å². The molecule has 1 aromatic rings. The molecule has 0 aromatic heterocycles. The van der Waals surface area contributed by atoms with Crippen LogP contribution in [0.2, 0.25) is 0 Å². The third-order valence-electron chi connectivity index (χ3n) is 5.30. The molecule has 1 rings (SSSR count). The van der Waals surface area contributed by atoms with Crippen molar-refractivity contribution >= 4 is 33.5 Å². The Labute approximate surface area is 191 Å². The molecule has 1 aromatic carbocycles. The van der Waals surface area contributed by atoms with Gasteiger partial charge >= 0.3 is 5.97 Å². The number of halogens is 2. The number of rotatable bonds is 13. The summed E-state index contributed by atoms with van der Waals surface area (Å²) in [6.45, 7) is 11.1. The molecule has 0 aliphatic carbocycles. The van der Waals surface area contributed by atoms with E-state index < -0.39 is 5.97 Å². The van der Waals surface area contributed by atoms with E-state index in [0.29, 0.717) is 4.48 Å². The first-order valence-electron chi connectivity index (χ1n) is 10.9. The molecule has 0 heterocycles. The van der Waals surface area contributed by atoms with Gasteiger partial charge in [0.25, 0.3) is 0 Å². The minimum atomic E-state index is -0.726. The number of aliphatic carboxylic acids is 1. The molecule has 0 saturated heterocycles. The van der Waals surface area contributed by atoms with Gasteiger partial charge in [-0.15, -0.1) is 11.6 Å². The van der Waals surface area contributed by atoms with Gasteiger partial charge in [0.2, 0.25) is 0 Å². The Morgan fingerprint density at radius 1 is 1.10 bits per heavy atom. The second kappa shape index (κ2) is 16.9. The SMILES string of the molecule is CCCCCCCCl.CC[N+](CC)(C/C=C(/C)Cc1ccccc1Br)CC(=O)O. The lowest BCUT2D eigenvalue weighted by Gasteiger charge is -2.34. The van der Waals surface area contributed by atoms with Gasteiger partial charge in [-0.2, -0.15) is 0 Å². The molecule has 0 spiro atoms. The van der Waals surface area contributed by atoms with Crippen LogP contribution < -0.4 is 0 Å². The number of alkyl halides is 1. The third-order valence-corrected chi connectivity index (χ3v) is 6.34. The molecule has 0 bridgehead atoms. The summed E-state index contributed by atoms with van der Waals surface area (Å²) in [5.41, 5.74) is 2.53. The normalized spacial score (nSPS) is 11.7. The lowest BCUT2D eigenvalue weighted by molar-refractivity contribution is -0.912. The van der Waals surface area contributed by atoms with E-state index in [1.54, 1.807) is 0 Å². The van der Waals surface area contributed by atoms with Crippen LogP contribution in [0, 0.1) is 0 Å². The predicted octanol–water partition coefficient (Wildman–Crippen LogP) is 7.07. The number of nitrogens with zero attached hydrogens (tertiary/aromatic N) is 1. The van der Waals surface area contributed by atoms with Gasteiger partial charge in [-0.05, 0) is 51.3 Å². The maximum absolute atomic E-state index is 11.1. The van der Waals surface area contributed by atoms with Crippen LogP contribution in [0.3, 0.4) is 0 Å². The zero-order valence-corrected chi connectivity index (χ0v) is 21.1. The molecule has 166 valence electrons. The van der Waals surface area contributed by atoms with E-state index in [2.05, 4.69) is 55.8 Å². The fourth-order valence-corrected chi connectivity index (χ4v) is 3.73. The molecule has 29 heavy (non-hydrogen) atoms. The number of benzene rings is 1. The fourth-order valence-electron chi connectivity index (χ4n) is 3.12. The van der Waals surface area contributed by atoms with Gasteiger partial charge in [0.15, 0.2) is 6.54 Å². The lowest BCUT2D eigenvalue weighted by atomic mass is 10.1. The third kappa shape index (κ3) is 13.1. The Morgan fingerprint density at radius 2 is 1.72 bits per heavy atom. The zero-order chi connectivity index (χ0) is 22.1. The quantitative estimate of drug-likeness (QED) is 0.139. The number of unbranched alkanes of at least 4 members (excludes halogenated alkanes) is 4. The Balaban J connectivity index is 0.000000828. The summed E-state index contributed by atoms with van der Waals surface area (Å²) in [5, 5.41) is 9.11. The highest BCUT2D eigenvalue weighted by atomic mass is 79.9. The number of likely N-dealkylation sites (N-methyl/N-ethyl adjacent to an activating group) is 1. The van der Waals surface area contributed by atoms with Crippen molar-refractivity contribution in [3.63, 3.8) is 0 Å². The van der Waals surface area contributed by atoms with Crippen molar-refractivity contribution in [1.29, 1.82) is 0 Å². The molecule has 5 heteroatoms. The number of carbonyl (C=O) groups is 1. The van der Waals surface area contributed by atoms with Gasteiger partial charge in [0.1, 0.15) is 0 Å². The molecule has 0 saturated carbocycles. The summed E-state index contributed by atoms with van der Waals surface area (Å²) in [6, 6.07) is 8.21. The summed E-state index contributed by atoms with van der Waals surface area (Å²) in [7, 11) is 0. The highest BCUT2D eigenvalue weighted by molar-refractivity contribution is 9.10.